The summed E-state index contributed by atoms with van der Waals surface area (Å²) in [6.07, 6.45) is 9.23. The van der Waals surface area contributed by atoms with Gasteiger partial charge in [-0.2, -0.15) is 0 Å². The molecule has 1 aromatic heterocycles. The maximum Gasteiger partial charge on any atom is 0.191 e. The SMILES string of the molecule is CN=C(NCCCCCCCN(C)C)NC1CCN(c2ncccc2Cl)C1. The molecule has 1 fully saturated rings. The summed E-state index contributed by atoms with van der Waals surface area (Å²) in [5.74, 6) is 1.77. The molecular formula is C20H35ClN6. The average molecular weight is 395 g/mol. The molecule has 0 aliphatic carbocycles. The molecule has 1 unspecified atom stereocenters. The fraction of sp³-hybridized carbons (Fsp3) is 0.700. The van der Waals surface area contributed by atoms with E-state index in [9.17, 15) is 0 Å². The van der Waals surface area contributed by atoms with E-state index in [4.69, 9.17) is 11.6 Å². The Morgan fingerprint density at radius 3 is 2.81 bits per heavy atom. The van der Waals surface area contributed by atoms with Gasteiger partial charge in [-0.1, -0.05) is 30.9 Å². The highest BCUT2D eigenvalue weighted by Crippen LogP contribution is 2.25. The molecule has 152 valence electrons. The van der Waals surface area contributed by atoms with Crippen LogP contribution < -0.4 is 15.5 Å². The molecule has 1 saturated heterocycles. The van der Waals surface area contributed by atoms with Crippen molar-refractivity contribution in [3.05, 3.63) is 23.4 Å². The Bertz CT molecular complexity index is 577. The van der Waals surface area contributed by atoms with E-state index < -0.39 is 0 Å². The molecule has 2 heterocycles. The van der Waals surface area contributed by atoms with Crippen LogP contribution in [0.25, 0.3) is 0 Å². The number of halogens is 1. The van der Waals surface area contributed by atoms with Crippen molar-refractivity contribution in [2.24, 2.45) is 4.99 Å². The second kappa shape index (κ2) is 12.0. The lowest BCUT2D eigenvalue weighted by atomic mass is 10.1. The quantitative estimate of drug-likeness (QED) is 0.363. The van der Waals surface area contributed by atoms with Gasteiger partial charge in [0.1, 0.15) is 5.82 Å². The first-order chi connectivity index (χ1) is 13.1. The van der Waals surface area contributed by atoms with E-state index in [1.807, 2.05) is 19.2 Å². The predicted octanol–water partition coefficient (Wildman–Crippen LogP) is 2.99. The smallest absolute Gasteiger partial charge is 0.191 e. The van der Waals surface area contributed by atoms with Crippen molar-refractivity contribution in [1.82, 2.24) is 20.5 Å². The van der Waals surface area contributed by atoms with E-state index >= 15 is 0 Å². The van der Waals surface area contributed by atoms with E-state index in [0.29, 0.717) is 11.1 Å². The molecule has 27 heavy (non-hydrogen) atoms. The van der Waals surface area contributed by atoms with Crippen LogP contribution in [0.5, 0.6) is 0 Å². The van der Waals surface area contributed by atoms with Crippen molar-refractivity contribution in [1.29, 1.82) is 0 Å². The number of aromatic nitrogens is 1. The van der Waals surface area contributed by atoms with Gasteiger partial charge in [0.05, 0.1) is 5.02 Å². The van der Waals surface area contributed by atoms with Crippen molar-refractivity contribution in [3.8, 4) is 0 Å². The van der Waals surface area contributed by atoms with Crippen LogP contribution in [0, 0.1) is 0 Å². The molecule has 0 radical (unpaired) electrons. The summed E-state index contributed by atoms with van der Waals surface area (Å²) in [6.45, 7) is 4.01. The Morgan fingerprint density at radius 2 is 2.07 bits per heavy atom. The van der Waals surface area contributed by atoms with Gasteiger partial charge in [0, 0.05) is 38.9 Å². The predicted molar refractivity (Wildman–Crippen MR) is 116 cm³/mol. The van der Waals surface area contributed by atoms with Gasteiger partial charge in [-0.3, -0.25) is 4.99 Å². The minimum absolute atomic E-state index is 0.361. The first-order valence-corrected chi connectivity index (χ1v) is 10.5. The van der Waals surface area contributed by atoms with E-state index in [2.05, 4.69) is 44.5 Å². The van der Waals surface area contributed by atoms with Crippen molar-refractivity contribution in [3.63, 3.8) is 0 Å². The van der Waals surface area contributed by atoms with Gasteiger partial charge in [-0.15, -0.1) is 0 Å². The third kappa shape index (κ3) is 7.93. The normalized spacial score (nSPS) is 17.6. The monoisotopic (exact) mass is 394 g/mol. The summed E-state index contributed by atoms with van der Waals surface area (Å²) in [5, 5.41) is 7.69. The van der Waals surface area contributed by atoms with Crippen LogP contribution >= 0.6 is 11.6 Å². The third-order valence-corrected chi connectivity index (χ3v) is 5.16. The third-order valence-electron chi connectivity index (χ3n) is 4.87. The van der Waals surface area contributed by atoms with Crippen LogP contribution in [-0.4, -0.2) is 69.2 Å². The van der Waals surface area contributed by atoms with Crippen molar-refractivity contribution >= 4 is 23.4 Å². The zero-order chi connectivity index (χ0) is 19.5. The van der Waals surface area contributed by atoms with Crippen LogP contribution in [0.4, 0.5) is 5.82 Å². The minimum Gasteiger partial charge on any atom is -0.356 e. The number of nitrogens with zero attached hydrogens (tertiary/aromatic N) is 4. The number of guanidine groups is 1. The molecule has 0 spiro atoms. The highest BCUT2D eigenvalue weighted by molar-refractivity contribution is 6.32. The number of anilines is 1. The lowest BCUT2D eigenvalue weighted by Crippen LogP contribution is -2.44. The van der Waals surface area contributed by atoms with Gasteiger partial charge in [0.2, 0.25) is 0 Å². The summed E-state index contributed by atoms with van der Waals surface area (Å²) in [7, 11) is 6.10. The number of rotatable bonds is 10. The zero-order valence-corrected chi connectivity index (χ0v) is 17.8. The molecule has 0 amide bonds. The second-order valence-electron chi connectivity index (χ2n) is 7.45. The van der Waals surface area contributed by atoms with Crippen LogP contribution in [0.2, 0.25) is 5.02 Å². The lowest BCUT2D eigenvalue weighted by Gasteiger charge is -2.20. The summed E-state index contributed by atoms with van der Waals surface area (Å²) in [6, 6.07) is 4.12. The molecule has 1 aliphatic heterocycles. The average Bonchev–Trinajstić information content (AvgIpc) is 3.11. The van der Waals surface area contributed by atoms with Crippen molar-refractivity contribution in [2.45, 2.75) is 44.6 Å². The Hall–Kier alpha value is -1.53. The molecule has 2 rings (SSSR count). The second-order valence-corrected chi connectivity index (χ2v) is 7.86. The molecule has 6 nitrogen and oxygen atoms in total. The topological polar surface area (TPSA) is 55.8 Å². The molecule has 0 aromatic carbocycles. The number of unbranched alkanes of at least 4 members (excludes halogenated alkanes) is 4. The molecule has 7 heteroatoms. The highest BCUT2D eigenvalue weighted by atomic mass is 35.5. The Kier molecular flexibility index (Phi) is 9.70. The zero-order valence-electron chi connectivity index (χ0n) is 17.0. The summed E-state index contributed by atoms with van der Waals surface area (Å²) >= 11 is 6.27. The Morgan fingerprint density at radius 1 is 1.30 bits per heavy atom. The molecule has 0 saturated carbocycles. The van der Waals surface area contributed by atoms with Gasteiger partial charge in [-0.25, -0.2) is 4.98 Å². The fourth-order valence-corrected chi connectivity index (χ4v) is 3.60. The number of pyridine rings is 1. The van der Waals surface area contributed by atoms with Gasteiger partial charge < -0.3 is 20.4 Å². The molecule has 1 atom stereocenters. The van der Waals surface area contributed by atoms with Crippen LogP contribution in [0.3, 0.4) is 0 Å². The number of nitrogens with one attached hydrogen (secondary N) is 2. The largest absolute Gasteiger partial charge is 0.356 e. The summed E-state index contributed by atoms with van der Waals surface area (Å²) < 4.78 is 0. The van der Waals surface area contributed by atoms with Crippen molar-refractivity contribution in [2.75, 3.05) is 52.2 Å². The number of aliphatic imine (C=N–C) groups is 1. The standard InChI is InChI=1S/C20H35ClN6/c1-22-20(24-12-7-5-4-6-8-14-26(2)3)25-17-11-15-27(16-17)19-18(21)10-9-13-23-19/h9-10,13,17H,4-8,11-12,14-16H2,1-3H3,(H2,22,24,25). The van der Waals surface area contributed by atoms with Gasteiger partial charge >= 0.3 is 0 Å². The van der Waals surface area contributed by atoms with E-state index in [1.54, 1.807) is 6.20 Å². The lowest BCUT2D eigenvalue weighted by molar-refractivity contribution is 0.389. The molecule has 1 aromatic rings. The van der Waals surface area contributed by atoms with E-state index in [0.717, 1.165) is 37.8 Å². The molecular weight excluding hydrogens is 360 g/mol. The maximum atomic E-state index is 6.27. The molecule has 1 aliphatic rings. The van der Waals surface area contributed by atoms with Gasteiger partial charge in [0.15, 0.2) is 5.96 Å². The van der Waals surface area contributed by atoms with Crippen LogP contribution in [-0.2, 0) is 0 Å². The first-order valence-electron chi connectivity index (χ1n) is 10.1. The van der Waals surface area contributed by atoms with Crippen molar-refractivity contribution < 1.29 is 0 Å². The Balaban J connectivity index is 1.61. The van der Waals surface area contributed by atoms with Crippen LogP contribution in [0.1, 0.15) is 38.5 Å². The fourth-order valence-electron chi connectivity index (χ4n) is 3.36. The molecule has 0 bridgehead atoms. The van der Waals surface area contributed by atoms with Gasteiger partial charge in [-0.05, 0) is 52.0 Å². The van der Waals surface area contributed by atoms with Gasteiger partial charge in [0.25, 0.3) is 0 Å². The number of hydrogen-bond donors (Lipinski definition) is 2. The van der Waals surface area contributed by atoms with E-state index in [-0.39, 0.29) is 0 Å². The Labute approximate surface area is 169 Å². The summed E-state index contributed by atoms with van der Waals surface area (Å²) in [4.78, 5) is 13.3. The summed E-state index contributed by atoms with van der Waals surface area (Å²) in [5.41, 5.74) is 0. The maximum absolute atomic E-state index is 6.27. The minimum atomic E-state index is 0.361. The highest BCUT2D eigenvalue weighted by Gasteiger charge is 2.25. The molecule has 2 N–H and O–H groups in total. The van der Waals surface area contributed by atoms with Crippen LogP contribution in [0.15, 0.2) is 23.3 Å². The van der Waals surface area contributed by atoms with E-state index in [1.165, 1.54) is 38.6 Å². The first kappa shape index (κ1) is 21.8. The number of hydrogen-bond acceptors (Lipinski definition) is 4.